The number of furan rings is 1. The first-order chi connectivity index (χ1) is 6.74. The summed E-state index contributed by atoms with van der Waals surface area (Å²) >= 11 is 0. The van der Waals surface area contributed by atoms with Crippen molar-refractivity contribution in [2.45, 2.75) is 13.0 Å². The van der Waals surface area contributed by atoms with Crippen molar-refractivity contribution in [2.24, 2.45) is 0 Å². The fraction of sp³-hybridized carbons (Fsp3) is 0.444. The fourth-order valence-electron chi connectivity index (χ4n) is 0.966. The van der Waals surface area contributed by atoms with Crippen molar-refractivity contribution >= 4 is 6.09 Å². The zero-order valence-corrected chi connectivity index (χ0v) is 7.90. The second-order valence-corrected chi connectivity index (χ2v) is 2.74. The Balaban J connectivity index is 2.33. The second-order valence-electron chi connectivity index (χ2n) is 2.74. The van der Waals surface area contributed by atoms with Crippen molar-refractivity contribution in [2.75, 3.05) is 13.2 Å². The van der Waals surface area contributed by atoms with Gasteiger partial charge in [-0.3, -0.25) is 0 Å². The molecule has 0 aliphatic carbocycles. The van der Waals surface area contributed by atoms with Gasteiger partial charge in [0.25, 0.3) is 0 Å². The average Bonchev–Trinajstić information content (AvgIpc) is 2.67. The van der Waals surface area contributed by atoms with Crippen LogP contribution in [-0.4, -0.2) is 24.4 Å². The molecule has 1 rings (SSSR count). The minimum Gasteiger partial charge on any atom is -0.467 e. The third kappa shape index (κ3) is 3.10. The highest BCUT2D eigenvalue weighted by Gasteiger charge is 2.11. The van der Waals surface area contributed by atoms with E-state index >= 15 is 0 Å². The zero-order chi connectivity index (χ0) is 10.4. The maximum absolute atomic E-state index is 11.0. The van der Waals surface area contributed by atoms with E-state index in [1.54, 1.807) is 19.1 Å². The summed E-state index contributed by atoms with van der Waals surface area (Å²) in [5.41, 5.74) is 0. The quantitative estimate of drug-likeness (QED) is 0.760. The molecule has 1 aromatic rings. The van der Waals surface area contributed by atoms with Gasteiger partial charge in [0.2, 0.25) is 0 Å². The van der Waals surface area contributed by atoms with Gasteiger partial charge in [-0.15, -0.1) is 0 Å². The molecule has 1 heterocycles. The molecule has 1 aromatic heterocycles. The van der Waals surface area contributed by atoms with Crippen LogP contribution >= 0.6 is 0 Å². The van der Waals surface area contributed by atoms with Gasteiger partial charge in [0.15, 0.2) is 0 Å². The van der Waals surface area contributed by atoms with E-state index < -0.39 is 6.09 Å². The molecular weight excluding hydrogens is 186 g/mol. The van der Waals surface area contributed by atoms with Crippen molar-refractivity contribution in [3.63, 3.8) is 0 Å². The SMILES string of the molecule is C[C@H](NC(=O)OCCO)c1ccco1. The summed E-state index contributed by atoms with van der Waals surface area (Å²) in [6, 6.07) is 3.26. The molecule has 0 aromatic carbocycles. The van der Waals surface area contributed by atoms with E-state index in [9.17, 15) is 4.79 Å². The number of hydrogen-bond acceptors (Lipinski definition) is 4. The van der Waals surface area contributed by atoms with Crippen molar-refractivity contribution in [3.8, 4) is 0 Å². The molecular formula is C9H13NO4. The number of hydrogen-bond donors (Lipinski definition) is 2. The van der Waals surface area contributed by atoms with Crippen LogP contribution in [0.4, 0.5) is 4.79 Å². The maximum Gasteiger partial charge on any atom is 0.407 e. The lowest BCUT2D eigenvalue weighted by atomic mass is 10.3. The molecule has 0 aliphatic rings. The Hall–Kier alpha value is -1.49. The molecule has 0 aliphatic heterocycles. The Labute approximate surface area is 81.7 Å². The van der Waals surface area contributed by atoms with Crippen LogP contribution < -0.4 is 5.32 Å². The van der Waals surface area contributed by atoms with Crippen LogP contribution in [0.15, 0.2) is 22.8 Å². The molecule has 78 valence electrons. The van der Waals surface area contributed by atoms with Crippen LogP contribution in [0, 0.1) is 0 Å². The lowest BCUT2D eigenvalue weighted by molar-refractivity contribution is 0.116. The molecule has 14 heavy (non-hydrogen) atoms. The molecule has 0 unspecified atom stereocenters. The van der Waals surface area contributed by atoms with Crippen molar-refractivity contribution in [1.29, 1.82) is 0 Å². The lowest BCUT2D eigenvalue weighted by Gasteiger charge is -2.10. The van der Waals surface area contributed by atoms with E-state index in [1.807, 2.05) is 0 Å². The van der Waals surface area contributed by atoms with Crippen LogP contribution in [0.2, 0.25) is 0 Å². The minimum absolute atomic E-state index is 0.00327. The molecule has 0 spiro atoms. The number of amides is 1. The van der Waals surface area contributed by atoms with E-state index in [1.165, 1.54) is 6.26 Å². The summed E-state index contributed by atoms with van der Waals surface area (Å²) in [5.74, 6) is 0.658. The van der Waals surface area contributed by atoms with Crippen LogP contribution in [0.25, 0.3) is 0 Å². The average molecular weight is 199 g/mol. The number of aliphatic hydroxyl groups is 1. The van der Waals surface area contributed by atoms with Crippen LogP contribution in [0.5, 0.6) is 0 Å². The van der Waals surface area contributed by atoms with Gasteiger partial charge in [-0.05, 0) is 19.1 Å². The number of alkyl carbamates (subject to hydrolysis) is 1. The third-order valence-electron chi connectivity index (χ3n) is 1.63. The first-order valence-corrected chi connectivity index (χ1v) is 4.31. The third-order valence-corrected chi connectivity index (χ3v) is 1.63. The van der Waals surface area contributed by atoms with Crippen molar-refractivity contribution in [3.05, 3.63) is 24.2 Å². The van der Waals surface area contributed by atoms with Gasteiger partial charge in [-0.1, -0.05) is 0 Å². The molecule has 0 saturated carbocycles. The topological polar surface area (TPSA) is 71.7 Å². The van der Waals surface area contributed by atoms with Crippen molar-refractivity contribution in [1.82, 2.24) is 5.32 Å². The second kappa shape index (κ2) is 5.29. The Morgan fingerprint density at radius 3 is 3.14 bits per heavy atom. The predicted octanol–water partition coefficient (Wildman–Crippen LogP) is 1.06. The zero-order valence-electron chi connectivity index (χ0n) is 7.90. The largest absolute Gasteiger partial charge is 0.467 e. The highest BCUT2D eigenvalue weighted by atomic mass is 16.6. The van der Waals surface area contributed by atoms with Gasteiger partial charge in [0.1, 0.15) is 12.4 Å². The first kappa shape index (κ1) is 10.6. The number of aliphatic hydroxyl groups excluding tert-OH is 1. The van der Waals surface area contributed by atoms with Crippen molar-refractivity contribution < 1.29 is 19.1 Å². The smallest absolute Gasteiger partial charge is 0.407 e. The van der Waals surface area contributed by atoms with E-state index in [-0.39, 0.29) is 19.3 Å². The van der Waals surface area contributed by atoms with E-state index in [0.29, 0.717) is 5.76 Å². The Kier molecular flexibility index (Phi) is 4.00. The van der Waals surface area contributed by atoms with Gasteiger partial charge in [-0.2, -0.15) is 0 Å². The predicted molar refractivity (Wildman–Crippen MR) is 48.7 cm³/mol. The standard InChI is InChI=1S/C9H13NO4/c1-7(8-3-2-5-13-8)10-9(12)14-6-4-11/h2-3,5,7,11H,4,6H2,1H3,(H,10,12)/t7-/m0/s1. The fourth-order valence-corrected chi connectivity index (χ4v) is 0.966. The molecule has 2 N–H and O–H groups in total. The van der Waals surface area contributed by atoms with Gasteiger partial charge in [-0.25, -0.2) is 4.79 Å². The van der Waals surface area contributed by atoms with E-state index in [2.05, 4.69) is 10.1 Å². The molecule has 0 saturated heterocycles. The molecule has 1 amide bonds. The summed E-state index contributed by atoms with van der Waals surface area (Å²) < 4.78 is 9.70. The monoisotopic (exact) mass is 199 g/mol. The summed E-state index contributed by atoms with van der Waals surface area (Å²) in [6.45, 7) is 1.60. The van der Waals surface area contributed by atoms with E-state index in [0.717, 1.165) is 0 Å². The minimum atomic E-state index is -0.567. The summed E-state index contributed by atoms with van der Waals surface area (Å²) in [4.78, 5) is 11.0. The highest BCUT2D eigenvalue weighted by Crippen LogP contribution is 2.11. The molecule has 1 atom stereocenters. The lowest BCUT2D eigenvalue weighted by Crippen LogP contribution is -2.27. The van der Waals surface area contributed by atoms with Gasteiger partial charge >= 0.3 is 6.09 Å². The van der Waals surface area contributed by atoms with Crippen LogP contribution in [0.1, 0.15) is 18.7 Å². The van der Waals surface area contributed by atoms with Gasteiger partial charge in [0.05, 0.1) is 18.9 Å². The number of ether oxygens (including phenoxy) is 1. The summed E-state index contributed by atoms with van der Waals surface area (Å²) in [5, 5.41) is 11.0. The number of carbonyl (C=O) groups excluding carboxylic acids is 1. The van der Waals surface area contributed by atoms with Crippen LogP contribution in [-0.2, 0) is 4.74 Å². The Morgan fingerprint density at radius 1 is 1.79 bits per heavy atom. The molecule has 0 bridgehead atoms. The normalized spacial score (nSPS) is 12.1. The van der Waals surface area contributed by atoms with Gasteiger partial charge < -0.3 is 19.6 Å². The first-order valence-electron chi connectivity index (χ1n) is 4.31. The Bertz CT molecular complexity index is 270. The number of nitrogens with one attached hydrogen (secondary N) is 1. The molecule has 5 nitrogen and oxygen atoms in total. The summed E-state index contributed by atoms with van der Waals surface area (Å²) in [6.07, 6.45) is 0.968. The molecule has 0 radical (unpaired) electrons. The maximum atomic E-state index is 11.0. The Morgan fingerprint density at radius 2 is 2.57 bits per heavy atom. The summed E-state index contributed by atoms with van der Waals surface area (Å²) in [7, 11) is 0. The highest BCUT2D eigenvalue weighted by molar-refractivity contribution is 5.67. The van der Waals surface area contributed by atoms with Gasteiger partial charge in [0, 0.05) is 0 Å². The number of carbonyl (C=O) groups is 1. The van der Waals surface area contributed by atoms with E-state index in [4.69, 9.17) is 9.52 Å². The molecule has 0 fully saturated rings. The van der Waals surface area contributed by atoms with Crippen LogP contribution in [0.3, 0.4) is 0 Å². The molecule has 5 heteroatoms. The number of rotatable bonds is 4.